The van der Waals surface area contributed by atoms with E-state index in [9.17, 15) is 10.2 Å². The van der Waals surface area contributed by atoms with Crippen LogP contribution in [0.3, 0.4) is 0 Å². The lowest BCUT2D eigenvalue weighted by Gasteiger charge is -2.16. The molecule has 5 heteroatoms. The molecule has 0 amide bonds. The highest BCUT2D eigenvalue weighted by Crippen LogP contribution is 2.29. The zero-order valence-corrected chi connectivity index (χ0v) is 19.3. The number of rotatable bonds is 12. The molecule has 0 aromatic heterocycles. The van der Waals surface area contributed by atoms with Gasteiger partial charge in [-0.2, -0.15) is 0 Å². The molecule has 0 bridgehead atoms. The van der Waals surface area contributed by atoms with E-state index in [1.54, 1.807) is 0 Å². The quantitative estimate of drug-likeness (QED) is 0.506. The molecule has 0 saturated heterocycles. The summed E-state index contributed by atoms with van der Waals surface area (Å²) in [4.78, 5) is 0. The molecule has 2 aromatic rings. The monoisotopic (exact) mass is 428 g/mol. The minimum absolute atomic E-state index is 0.0833. The molecule has 0 saturated carbocycles. The van der Waals surface area contributed by atoms with Crippen molar-refractivity contribution in [2.75, 3.05) is 19.8 Å². The van der Waals surface area contributed by atoms with Gasteiger partial charge in [0.25, 0.3) is 0 Å². The minimum atomic E-state index is -0.658. The van der Waals surface area contributed by atoms with Crippen molar-refractivity contribution in [1.29, 1.82) is 0 Å². The maximum absolute atomic E-state index is 9.95. The van der Waals surface area contributed by atoms with E-state index in [4.69, 9.17) is 14.2 Å². The number of aliphatic hydroxyl groups excluding tert-OH is 2. The van der Waals surface area contributed by atoms with E-state index >= 15 is 0 Å². The predicted octanol–water partition coefficient (Wildman–Crippen LogP) is 4.84. The Balaban J connectivity index is 2.03. The molecular formula is C26H36O5. The van der Waals surface area contributed by atoms with Gasteiger partial charge in [-0.25, -0.2) is 0 Å². The van der Waals surface area contributed by atoms with Gasteiger partial charge in [0.1, 0.15) is 30.8 Å². The van der Waals surface area contributed by atoms with Gasteiger partial charge in [0.15, 0.2) is 0 Å². The molecule has 31 heavy (non-hydrogen) atoms. The SMILES string of the molecule is CCC(O)COc1ccc(C(=C(C)C)c2ccc(OCC(O)COC(C)C)cc2)cc1. The summed E-state index contributed by atoms with van der Waals surface area (Å²) in [5.74, 6) is 1.45. The maximum atomic E-state index is 9.95. The van der Waals surface area contributed by atoms with Gasteiger partial charge in [-0.05, 0) is 75.1 Å². The zero-order valence-electron chi connectivity index (χ0n) is 19.3. The van der Waals surface area contributed by atoms with E-state index in [1.807, 2.05) is 69.3 Å². The number of benzene rings is 2. The van der Waals surface area contributed by atoms with Crippen LogP contribution in [0.4, 0.5) is 0 Å². The first-order valence-corrected chi connectivity index (χ1v) is 10.9. The average Bonchev–Trinajstić information content (AvgIpc) is 2.76. The van der Waals surface area contributed by atoms with Gasteiger partial charge < -0.3 is 24.4 Å². The first kappa shape index (κ1) is 24.9. The summed E-state index contributed by atoms with van der Waals surface area (Å²) in [6, 6.07) is 15.8. The summed E-state index contributed by atoms with van der Waals surface area (Å²) in [5, 5.41) is 19.6. The van der Waals surface area contributed by atoms with Gasteiger partial charge in [-0.3, -0.25) is 0 Å². The van der Waals surface area contributed by atoms with Crippen molar-refractivity contribution in [1.82, 2.24) is 0 Å². The van der Waals surface area contributed by atoms with Crippen LogP contribution in [0.5, 0.6) is 11.5 Å². The third-order valence-electron chi connectivity index (χ3n) is 4.76. The molecule has 5 nitrogen and oxygen atoms in total. The molecule has 2 rings (SSSR count). The summed E-state index contributed by atoms with van der Waals surface area (Å²) in [6.07, 6.45) is -0.350. The van der Waals surface area contributed by atoms with Crippen molar-refractivity contribution < 1.29 is 24.4 Å². The van der Waals surface area contributed by atoms with Crippen LogP contribution in [0.15, 0.2) is 54.1 Å². The van der Waals surface area contributed by atoms with Crippen molar-refractivity contribution in [3.63, 3.8) is 0 Å². The Morgan fingerprint density at radius 1 is 0.742 bits per heavy atom. The molecule has 0 aliphatic rings. The normalized spacial score (nSPS) is 13.0. The van der Waals surface area contributed by atoms with Gasteiger partial charge in [0.05, 0.1) is 18.8 Å². The molecule has 0 fully saturated rings. The Labute approximate surface area is 186 Å². The Morgan fingerprint density at radius 2 is 1.19 bits per heavy atom. The zero-order chi connectivity index (χ0) is 22.8. The van der Waals surface area contributed by atoms with E-state index in [0.717, 1.165) is 22.4 Å². The number of aliphatic hydroxyl groups is 2. The molecule has 2 atom stereocenters. The number of hydrogen-bond donors (Lipinski definition) is 2. The van der Waals surface area contributed by atoms with Crippen molar-refractivity contribution >= 4 is 5.57 Å². The van der Waals surface area contributed by atoms with E-state index in [0.29, 0.717) is 18.8 Å². The second-order valence-electron chi connectivity index (χ2n) is 8.14. The van der Waals surface area contributed by atoms with E-state index < -0.39 is 12.2 Å². The summed E-state index contributed by atoms with van der Waals surface area (Å²) >= 11 is 0. The lowest BCUT2D eigenvalue weighted by atomic mass is 9.94. The highest BCUT2D eigenvalue weighted by atomic mass is 16.5. The summed E-state index contributed by atoms with van der Waals surface area (Å²) in [6.45, 7) is 10.7. The third-order valence-corrected chi connectivity index (χ3v) is 4.76. The highest BCUT2D eigenvalue weighted by molar-refractivity contribution is 5.82. The molecule has 0 spiro atoms. The van der Waals surface area contributed by atoms with Crippen molar-refractivity contribution in [2.24, 2.45) is 0 Å². The van der Waals surface area contributed by atoms with Gasteiger partial charge in [0, 0.05) is 0 Å². The first-order chi connectivity index (χ1) is 14.8. The topological polar surface area (TPSA) is 68.2 Å². The number of hydrogen-bond acceptors (Lipinski definition) is 5. The molecular weight excluding hydrogens is 392 g/mol. The van der Waals surface area contributed by atoms with Crippen LogP contribution < -0.4 is 9.47 Å². The smallest absolute Gasteiger partial charge is 0.119 e. The van der Waals surface area contributed by atoms with E-state index in [2.05, 4.69) is 13.8 Å². The fourth-order valence-electron chi connectivity index (χ4n) is 3.03. The fraction of sp³-hybridized carbons (Fsp3) is 0.462. The molecule has 0 aliphatic carbocycles. The maximum Gasteiger partial charge on any atom is 0.119 e. The van der Waals surface area contributed by atoms with Crippen LogP contribution in [0.2, 0.25) is 0 Å². The molecule has 0 radical (unpaired) electrons. The third kappa shape index (κ3) is 8.37. The van der Waals surface area contributed by atoms with Crippen molar-refractivity contribution in [3.8, 4) is 11.5 Å². The Morgan fingerprint density at radius 3 is 1.58 bits per heavy atom. The van der Waals surface area contributed by atoms with Crippen LogP contribution in [0.1, 0.15) is 52.2 Å². The van der Waals surface area contributed by atoms with E-state index in [1.165, 1.54) is 5.57 Å². The summed E-state index contributed by atoms with van der Waals surface area (Å²) in [7, 11) is 0. The van der Waals surface area contributed by atoms with E-state index in [-0.39, 0.29) is 19.3 Å². The molecule has 2 N–H and O–H groups in total. The van der Waals surface area contributed by atoms with Crippen LogP contribution in [-0.2, 0) is 4.74 Å². The van der Waals surface area contributed by atoms with Crippen LogP contribution >= 0.6 is 0 Å². The van der Waals surface area contributed by atoms with Crippen LogP contribution in [0, 0.1) is 0 Å². The summed E-state index contributed by atoms with van der Waals surface area (Å²) < 4.78 is 16.7. The second-order valence-corrected chi connectivity index (χ2v) is 8.14. The fourth-order valence-corrected chi connectivity index (χ4v) is 3.03. The molecule has 0 aliphatic heterocycles. The number of ether oxygens (including phenoxy) is 3. The second kappa shape index (κ2) is 12.5. The molecule has 2 unspecified atom stereocenters. The standard InChI is InChI=1S/C26H36O5/c1-6-22(27)15-30-24-11-7-20(8-12-24)26(18(2)3)21-9-13-25(14-10-21)31-17-23(28)16-29-19(4)5/h7-14,19,22-23,27-28H,6,15-17H2,1-5H3. The summed E-state index contributed by atoms with van der Waals surface area (Å²) in [5.41, 5.74) is 4.53. The Bertz CT molecular complexity index is 805. The van der Waals surface area contributed by atoms with Gasteiger partial charge in [-0.1, -0.05) is 36.8 Å². The Kier molecular flexibility index (Phi) is 10.0. The van der Waals surface area contributed by atoms with Crippen molar-refractivity contribution in [2.45, 2.75) is 59.4 Å². The van der Waals surface area contributed by atoms with Gasteiger partial charge in [0.2, 0.25) is 0 Å². The molecule has 170 valence electrons. The number of allylic oxidation sites excluding steroid dienone is 1. The minimum Gasteiger partial charge on any atom is -0.491 e. The predicted molar refractivity (Wildman–Crippen MR) is 125 cm³/mol. The van der Waals surface area contributed by atoms with Crippen LogP contribution in [0.25, 0.3) is 5.57 Å². The largest absolute Gasteiger partial charge is 0.491 e. The van der Waals surface area contributed by atoms with Gasteiger partial charge >= 0.3 is 0 Å². The Hall–Kier alpha value is -2.34. The average molecular weight is 429 g/mol. The lowest BCUT2D eigenvalue weighted by molar-refractivity contribution is -0.0122. The molecule has 0 heterocycles. The van der Waals surface area contributed by atoms with Crippen LogP contribution in [-0.4, -0.2) is 48.3 Å². The lowest BCUT2D eigenvalue weighted by Crippen LogP contribution is -2.25. The van der Waals surface area contributed by atoms with Crippen molar-refractivity contribution in [3.05, 3.63) is 65.2 Å². The van der Waals surface area contributed by atoms with Gasteiger partial charge in [-0.15, -0.1) is 0 Å². The highest BCUT2D eigenvalue weighted by Gasteiger charge is 2.10. The first-order valence-electron chi connectivity index (χ1n) is 10.9. The molecule has 2 aromatic carbocycles.